The highest BCUT2D eigenvalue weighted by Crippen LogP contribution is 2.31. The van der Waals surface area contributed by atoms with Crippen molar-refractivity contribution in [3.63, 3.8) is 0 Å². The van der Waals surface area contributed by atoms with Gasteiger partial charge in [0.2, 0.25) is 0 Å². The molecule has 3 rings (SSSR count). The minimum Gasteiger partial charge on any atom is -0.457 e. The zero-order valence-corrected chi connectivity index (χ0v) is 11.0. The van der Waals surface area contributed by atoms with Crippen molar-refractivity contribution in [3.8, 4) is 11.5 Å². The number of hydrogen-bond donors (Lipinski definition) is 1. The van der Waals surface area contributed by atoms with Crippen molar-refractivity contribution in [2.45, 2.75) is 31.7 Å². The fourth-order valence-electron chi connectivity index (χ4n) is 2.67. The van der Waals surface area contributed by atoms with Crippen LogP contribution in [-0.2, 0) is 6.42 Å². The summed E-state index contributed by atoms with van der Waals surface area (Å²) >= 11 is 0. The number of aryl methyl sites for hydroxylation is 1. The summed E-state index contributed by atoms with van der Waals surface area (Å²) in [5.74, 6) is 1.74. The van der Waals surface area contributed by atoms with Crippen molar-refractivity contribution in [2.24, 2.45) is 5.73 Å². The normalized spacial score (nSPS) is 18.5. The first-order valence-electron chi connectivity index (χ1n) is 6.94. The second kappa shape index (κ2) is 5.45. The van der Waals surface area contributed by atoms with Crippen LogP contribution in [0.2, 0.25) is 0 Å². The maximum absolute atomic E-state index is 6.25. The van der Waals surface area contributed by atoms with Gasteiger partial charge in [-0.2, -0.15) is 0 Å². The quantitative estimate of drug-likeness (QED) is 0.814. The Bertz CT molecular complexity index is 550. The van der Waals surface area contributed by atoms with E-state index < -0.39 is 0 Å². The van der Waals surface area contributed by atoms with Gasteiger partial charge < -0.3 is 10.5 Å². The van der Waals surface area contributed by atoms with Crippen LogP contribution in [0, 0.1) is 0 Å². The van der Waals surface area contributed by atoms with Gasteiger partial charge in [-0.1, -0.05) is 30.7 Å². The van der Waals surface area contributed by atoms with Crippen LogP contribution in [0.1, 0.15) is 36.4 Å². The van der Waals surface area contributed by atoms with E-state index in [-0.39, 0.29) is 6.04 Å². The molecule has 0 aromatic heterocycles. The van der Waals surface area contributed by atoms with E-state index in [2.05, 4.69) is 12.1 Å². The van der Waals surface area contributed by atoms with Crippen molar-refractivity contribution >= 4 is 0 Å². The molecule has 2 aromatic carbocycles. The molecule has 0 amide bonds. The van der Waals surface area contributed by atoms with E-state index >= 15 is 0 Å². The molecule has 1 aliphatic rings. The Labute approximate surface area is 114 Å². The molecule has 2 N–H and O–H groups in total. The second-order valence-electron chi connectivity index (χ2n) is 5.13. The number of fused-ring (bicyclic) bond motifs is 1. The maximum atomic E-state index is 6.25. The summed E-state index contributed by atoms with van der Waals surface area (Å²) in [6, 6.07) is 16.3. The summed E-state index contributed by atoms with van der Waals surface area (Å²) in [4.78, 5) is 0. The summed E-state index contributed by atoms with van der Waals surface area (Å²) < 4.78 is 5.88. The Kier molecular flexibility index (Phi) is 3.51. The van der Waals surface area contributed by atoms with Gasteiger partial charge in [-0.15, -0.1) is 0 Å². The molecule has 0 spiro atoms. The van der Waals surface area contributed by atoms with Crippen molar-refractivity contribution in [3.05, 3.63) is 59.7 Å². The predicted molar refractivity (Wildman–Crippen MR) is 77.4 cm³/mol. The van der Waals surface area contributed by atoms with E-state index in [1.807, 2.05) is 36.4 Å². The Morgan fingerprint density at radius 2 is 1.79 bits per heavy atom. The van der Waals surface area contributed by atoms with E-state index in [1.165, 1.54) is 24.0 Å². The summed E-state index contributed by atoms with van der Waals surface area (Å²) in [6.45, 7) is 0. The van der Waals surface area contributed by atoms with Gasteiger partial charge in [0.15, 0.2) is 0 Å². The van der Waals surface area contributed by atoms with E-state index in [9.17, 15) is 0 Å². The van der Waals surface area contributed by atoms with Crippen molar-refractivity contribution < 1.29 is 4.74 Å². The second-order valence-corrected chi connectivity index (χ2v) is 5.13. The summed E-state index contributed by atoms with van der Waals surface area (Å²) in [7, 11) is 0. The van der Waals surface area contributed by atoms with Gasteiger partial charge in [-0.25, -0.2) is 0 Å². The summed E-state index contributed by atoms with van der Waals surface area (Å²) in [5.41, 5.74) is 8.89. The molecule has 19 heavy (non-hydrogen) atoms. The standard InChI is InChI=1S/C17H19NO/c18-17-9-5-4-6-13-10-11-15(12-16(13)17)19-14-7-2-1-3-8-14/h1-3,7-8,10-12,17H,4-6,9,18H2/t17-/m1/s1. The van der Waals surface area contributed by atoms with E-state index in [4.69, 9.17) is 10.5 Å². The van der Waals surface area contributed by atoms with Crippen LogP contribution in [0.25, 0.3) is 0 Å². The zero-order valence-electron chi connectivity index (χ0n) is 11.0. The fraction of sp³-hybridized carbons (Fsp3) is 0.294. The molecule has 0 heterocycles. The minimum atomic E-state index is 0.150. The first kappa shape index (κ1) is 12.2. The molecule has 0 unspecified atom stereocenters. The lowest BCUT2D eigenvalue weighted by atomic mass is 9.99. The zero-order chi connectivity index (χ0) is 13.1. The third-order valence-corrected chi connectivity index (χ3v) is 3.71. The highest BCUT2D eigenvalue weighted by molar-refractivity contribution is 5.40. The number of rotatable bonds is 2. The first-order valence-corrected chi connectivity index (χ1v) is 6.94. The van der Waals surface area contributed by atoms with Gasteiger partial charge >= 0.3 is 0 Å². The molecule has 98 valence electrons. The molecular formula is C17H19NO. The van der Waals surface area contributed by atoms with Crippen LogP contribution < -0.4 is 10.5 Å². The SMILES string of the molecule is N[C@@H]1CCCCc2ccc(Oc3ccccc3)cc21. The number of benzene rings is 2. The predicted octanol–water partition coefficient (Wildman–Crippen LogP) is 4.21. The molecule has 0 fully saturated rings. The Balaban J connectivity index is 1.88. The Hall–Kier alpha value is -1.80. The van der Waals surface area contributed by atoms with Gasteiger partial charge in [0.1, 0.15) is 11.5 Å². The first-order chi connectivity index (χ1) is 9.33. The number of para-hydroxylation sites is 1. The van der Waals surface area contributed by atoms with Gasteiger partial charge in [-0.3, -0.25) is 0 Å². The molecule has 1 atom stereocenters. The van der Waals surface area contributed by atoms with Crippen LogP contribution >= 0.6 is 0 Å². The Morgan fingerprint density at radius 1 is 0.947 bits per heavy atom. The van der Waals surface area contributed by atoms with Crippen LogP contribution in [-0.4, -0.2) is 0 Å². The molecule has 0 radical (unpaired) electrons. The van der Waals surface area contributed by atoms with Crippen molar-refractivity contribution in [1.82, 2.24) is 0 Å². The van der Waals surface area contributed by atoms with Crippen LogP contribution in [0.3, 0.4) is 0 Å². The van der Waals surface area contributed by atoms with Gasteiger partial charge in [0.25, 0.3) is 0 Å². The highest BCUT2D eigenvalue weighted by atomic mass is 16.5. The molecule has 0 aliphatic heterocycles. The summed E-state index contributed by atoms with van der Waals surface area (Å²) in [6.07, 6.45) is 4.65. The fourth-order valence-corrected chi connectivity index (χ4v) is 2.67. The van der Waals surface area contributed by atoms with Gasteiger partial charge in [0, 0.05) is 6.04 Å². The molecular weight excluding hydrogens is 234 g/mol. The van der Waals surface area contributed by atoms with E-state index in [0.717, 1.165) is 24.3 Å². The molecule has 1 aliphatic carbocycles. The minimum absolute atomic E-state index is 0.150. The molecule has 0 bridgehead atoms. The van der Waals surface area contributed by atoms with Gasteiger partial charge in [0.05, 0.1) is 0 Å². The van der Waals surface area contributed by atoms with Crippen molar-refractivity contribution in [2.75, 3.05) is 0 Å². The lowest BCUT2D eigenvalue weighted by Crippen LogP contribution is -2.10. The third-order valence-electron chi connectivity index (χ3n) is 3.71. The molecule has 2 heteroatoms. The summed E-state index contributed by atoms with van der Waals surface area (Å²) in [5, 5.41) is 0. The average Bonchev–Trinajstić information content (AvgIpc) is 2.62. The van der Waals surface area contributed by atoms with Gasteiger partial charge in [-0.05, 0) is 54.7 Å². The number of ether oxygens (including phenoxy) is 1. The van der Waals surface area contributed by atoms with Crippen LogP contribution in [0.15, 0.2) is 48.5 Å². The maximum Gasteiger partial charge on any atom is 0.127 e. The average molecular weight is 253 g/mol. The highest BCUT2D eigenvalue weighted by Gasteiger charge is 2.15. The number of nitrogens with two attached hydrogens (primary N) is 1. The third kappa shape index (κ3) is 2.79. The molecule has 2 nitrogen and oxygen atoms in total. The Morgan fingerprint density at radius 3 is 2.63 bits per heavy atom. The van der Waals surface area contributed by atoms with Crippen LogP contribution in [0.4, 0.5) is 0 Å². The van der Waals surface area contributed by atoms with Crippen molar-refractivity contribution in [1.29, 1.82) is 0 Å². The topological polar surface area (TPSA) is 35.2 Å². The lowest BCUT2D eigenvalue weighted by Gasteiger charge is -2.14. The smallest absolute Gasteiger partial charge is 0.127 e. The van der Waals surface area contributed by atoms with E-state index in [0.29, 0.717) is 0 Å². The number of hydrogen-bond acceptors (Lipinski definition) is 2. The molecule has 2 aromatic rings. The molecule has 0 saturated carbocycles. The van der Waals surface area contributed by atoms with E-state index in [1.54, 1.807) is 0 Å². The molecule has 0 saturated heterocycles. The monoisotopic (exact) mass is 253 g/mol. The van der Waals surface area contributed by atoms with Crippen LogP contribution in [0.5, 0.6) is 11.5 Å². The largest absolute Gasteiger partial charge is 0.457 e. The lowest BCUT2D eigenvalue weighted by molar-refractivity contribution is 0.480.